The Labute approximate surface area is 206 Å². The van der Waals surface area contributed by atoms with E-state index in [4.69, 9.17) is 0 Å². The van der Waals surface area contributed by atoms with Crippen molar-refractivity contribution in [3.05, 3.63) is 46.3 Å². The molecule has 1 fully saturated rings. The van der Waals surface area contributed by atoms with Gasteiger partial charge in [-0.25, -0.2) is 9.98 Å². The van der Waals surface area contributed by atoms with Crippen molar-refractivity contribution in [2.45, 2.75) is 32.2 Å². The summed E-state index contributed by atoms with van der Waals surface area (Å²) in [6.07, 6.45) is 4.87. The number of hydrogen-bond donors (Lipinski definition) is 2. The van der Waals surface area contributed by atoms with Crippen LogP contribution < -0.4 is 15.5 Å². The largest absolute Gasteiger partial charge is 0.356 e. The van der Waals surface area contributed by atoms with Crippen molar-refractivity contribution in [2.75, 3.05) is 45.2 Å². The first kappa shape index (κ1) is 25.4. The molecule has 3 rings (SSSR count). The van der Waals surface area contributed by atoms with Gasteiger partial charge in [0.25, 0.3) is 0 Å². The van der Waals surface area contributed by atoms with Crippen molar-refractivity contribution < 1.29 is 4.79 Å². The van der Waals surface area contributed by atoms with Crippen LogP contribution in [-0.2, 0) is 11.2 Å². The predicted molar refractivity (Wildman–Crippen MR) is 140 cm³/mol. The van der Waals surface area contributed by atoms with E-state index < -0.39 is 0 Å². The number of nitrogens with one attached hydrogen (secondary N) is 2. The zero-order valence-electron chi connectivity index (χ0n) is 18.5. The Morgan fingerprint density at radius 2 is 2.06 bits per heavy atom. The van der Waals surface area contributed by atoms with Crippen LogP contribution in [0.1, 0.15) is 23.3 Å². The van der Waals surface area contributed by atoms with Crippen LogP contribution in [0.4, 0.5) is 5.82 Å². The van der Waals surface area contributed by atoms with Gasteiger partial charge in [0, 0.05) is 50.8 Å². The predicted octanol–water partition coefficient (Wildman–Crippen LogP) is 2.90. The number of guanidine groups is 1. The lowest BCUT2D eigenvalue weighted by Gasteiger charge is -2.34. The Morgan fingerprint density at radius 3 is 2.68 bits per heavy atom. The van der Waals surface area contributed by atoms with Gasteiger partial charge in [0.05, 0.1) is 0 Å². The van der Waals surface area contributed by atoms with E-state index in [1.165, 1.54) is 10.4 Å². The molecule has 1 amide bonds. The number of aromatic nitrogens is 1. The summed E-state index contributed by atoms with van der Waals surface area (Å²) in [5.74, 6) is 1.75. The maximum Gasteiger partial charge on any atom is 0.243 e. The second-order valence-corrected chi connectivity index (χ2v) is 8.84. The number of likely N-dealkylation sites (N-methyl/N-ethyl adjacent to an activating group) is 1. The van der Waals surface area contributed by atoms with E-state index in [0.29, 0.717) is 12.0 Å². The second kappa shape index (κ2) is 12.8. The highest BCUT2D eigenvalue weighted by Crippen LogP contribution is 2.18. The van der Waals surface area contributed by atoms with Crippen molar-refractivity contribution in [3.8, 4) is 0 Å². The van der Waals surface area contributed by atoms with E-state index in [0.717, 1.165) is 44.7 Å². The third-order valence-corrected chi connectivity index (χ3v) is 6.11. The standard InChI is InChI=1S/C22H32N6OS.HI/c1-17-6-7-20(24-15-17)28-12-9-18(10-13-28)26-22(25-16-21(29)27(2)3)23-11-8-19-5-4-14-30-19;/h4-7,14-15,18H,8-13,16H2,1-3H3,(H2,23,25,26);1H. The Bertz CT molecular complexity index is 817. The minimum Gasteiger partial charge on any atom is -0.356 e. The molecule has 1 aliphatic heterocycles. The third-order valence-electron chi connectivity index (χ3n) is 5.17. The van der Waals surface area contributed by atoms with Crippen LogP contribution in [0, 0.1) is 6.92 Å². The first-order valence-corrected chi connectivity index (χ1v) is 11.3. The van der Waals surface area contributed by atoms with E-state index in [9.17, 15) is 4.79 Å². The van der Waals surface area contributed by atoms with Gasteiger partial charge < -0.3 is 20.4 Å². The molecule has 0 unspecified atom stereocenters. The molecule has 7 nitrogen and oxygen atoms in total. The lowest BCUT2D eigenvalue weighted by atomic mass is 10.1. The molecule has 0 aromatic carbocycles. The molecule has 1 aliphatic rings. The zero-order chi connectivity index (χ0) is 21.3. The summed E-state index contributed by atoms with van der Waals surface area (Å²) in [7, 11) is 3.51. The van der Waals surface area contributed by atoms with Gasteiger partial charge in [-0.05, 0) is 49.3 Å². The van der Waals surface area contributed by atoms with Gasteiger partial charge in [0.2, 0.25) is 5.91 Å². The average Bonchev–Trinajstić information content (AvgIpc) is 3.26. The topological polar surface area (TPSA) is 72.9 Å². The van der Waals surface area contributed by atoms with Gasteiger partial charge in [-0.1, -0.05) is 12.1 Å². The molecule has 0 spiro atoms. The molecule has 0 atom stereocenters. The van der Waals surface area contributed by atoms with Crippen molar-refractivity contribution in [2.24, 2.45) is 4.99 Å². The van der Waals surface area contributed by atoms with Crippen LogP contribution >= 0.6 is 35.3 Å². The van der Waals surface area contributed by atoms with Crippen LogP contribution in [0.15, 0.2) is 40.8 Å². The van der Waals surface area contributed by atoms with Crippen molar-refractivity contribution in [1.82, 2.24) is 20.5 Å². The van der Waals surface area contributed by atoms with E-state index in [1.807, 2.05) is 6.20 Å². The number of aryl methyl sites for hydroxylation is 1. The molecule has 170 valence electrons. The third kappa shape index (κ3) is 8.29. The highest BCUT2D eigenvalue weighted by molar-refractivity contribution is 14.0. The summed E-state index contributed by atoms with van der Waals surface area (Å²) in [4.78, 5) is 26.3. The van der Waals surface area contributed by atoms with Crippen LogP contribution in [0.3, 0.4) is 0 Å². The number of piperidine rings is 1. The van der Waals surface area contributed by atoms with Crippen molar-refractivity contribution >= 4 is 53.0 Å². The molecule has 0 aliphatic carbocycles. The summed E-state index contributed by atoms with van der Waals surface area (Å²) in [6, 6.07) is 8.74. The maximum absolute atomic E-state index is 12.0. The van der Waals surface area contributed by atoms with Gasteiger partial charge in [-0.3, -0.25) is 4.79 Å². The SMILES string of the molecule is Cc1ccc(N2CCC(NC(=NCC(=O)N(C)C)NCCc3cccs3)CC2)nc1.I. The summed E-state index contributed by atoms with van der Waals surface area (Å²) in [5.41, 5.74) is 1.18. The molecule has 2 N–H and O–H groups in total. The van der Waals surface area contributed by atoms with E-state index in [-0.39, 0.29) is 36.4 Å². The molecule has 0 saturated carbocycles. The number of aliphatic imine (C=N–C) groups is 1. The number of carbonyl (C=O) groups excluding carboxylic acids is 1. The summed E-state index contributed by atoms with van der Waals surface area (Å²) in [6.45, 7) is 4.89. The Hall–Kier alpha value is -1.88. The average molecular weight is 557 g/mol. The van der Waals surface area contributed by atoms with E-state index >= 15 is 0 Å². The van der Waals surface area contributed by atoms with Gasteiger partial charge in [-0.2, -0.15) is 0 Å². The first-order valence-electron chi connectivity index (χ1n) is 10.5. The summed E-state index contributed by atoms with van der Waals surface area (Å²) < 4.78 is 0. The number of anilines is 1. The highest BCUT2D eigenvalue weighted by Gasteiger charge is 2.21. The summed E-state index contributed by atoms with van der Waals surface area (Å²) >= 11 is 1.76. The van der Waals surface area contributed by atoms with E-state index in [1.54, 1.807) is 30.3 Å². The summed E-state index contributed by atoms with van der Waals surface area (Å²) in [5, 5.41) is 9.03. The Kier molecular flexibility index (Phi) is 10.5. The molecule has 9 heteroatoms. The molecule has 2 aromatic heterocycles. The number of nitrogens with zero attached hydrogens (tertiary/aromatic N) is 4. The minimum absolute atomic E-state index is 0. The molecule has 3 heterocycles. The van der Waals surface area contributed by atoms with Crippen molar-refractivity contribution in [1.29, 1.82) is 0 Å². The quantitative estimate of drug-likeness (QED) is 0.312. The van der Waals surface area contributed by atoms with E-state index in [2.05, 4.69) is 62.1 Å². The molecular formula is C22H33IN6OS. The lowest BCUT2D eigenvalue weighted by molar-refractivity contribution is -0.127. The van der Waals surface area contributed by atoms with Gasteiger partial charge in [-0.15, -0.1) is 35.3 Å². The van der Waals surface area contributed by atoms with Gasteiger partial charge in [0.1, 0.15) is 12.4 Å². The maximum atomic E-state index is 12.0. The second-order valence-electron chi connectivity index (χ2n) is 7.81. The number of pyridine rings is 1. The van der Waals surface area contributed by atoms with Gasteiger partial charge in [0.15, 0.2) is 5.96 Å². The lowest BCUT2D eigenvalue weighted by Crippen LogP contribution is -2.49. The molecule has 0 bridgehead atoms. The molecular weight excluding hydrogens is 523 g/mol. The van der Waals surface area contributed by atoms with Crippen LogP contribution in [0.5, 0.6) is 0 Å². The monoisotopic (exact) mass is 556 g/mol. The number of thiophene rings is 1. The Balaban J connectivity index is 0.00000341. The molecule has 1 saturated heterocycles. The van der Waals surface area contributed by atoms with Gasteiger partial charge >= 0.3 is 0 Å². The number of carbonyl (C=O) groups is 1. The number of amides is 1. The molecule has 31 heavy (non-hydrogen) atoms. The fraction of sp³-hybridized carbons (Fsp3) is 0.500. The normalized spacial score (nSPS) is 14.7. The fourth-order valence-electron chi connectivity index (χ4n) is 3.29. The van der Waals surface area contributed by atoms with Crippen LogP contribution in [0.2, 0.25) is 0 Å². The molecule has 0 radical (unpaired) electrons. The van der Waals surface area contributed by atoms with Crippen LogP contribution in [-0.4, -0.2) is 68.1 Å². The number of rotatable bonds is 7. The molecule has 2 aromatic rings. The highest BCUT2D eigenvalue weighted by atomic mass is 127. The van der Waals surface area contributed by atoms with Crippen LogP contribution in [0.25, 0.3) is 0 Å². The first-order chi connectivity index (χ1) is 14.5. The smallest absolute Gasteiger partial charge is 0.243 e. The number of hydrogen-bond acceptors (Lipinski definition) is 5. The minimum atomic E-state index is -0.00498. The zero-order valence-corrected chi connectivity index (χ0v) is 21.7. The Morgan fingerprint density at radius 1 is 1.29 bits per heavy atom. The number of halogens is 1. The van der Waals surface area contributed by atoms with Crippen molar-refractivity contribution in [3.63, 3.8) is 0 Å². The fourth-order valence-corrected chi connectivity index (χ4v) is 4.00.